The molecule has 0 radical (unpaired) electrons. The number of benzene rings is 1. The van der Waals surface area contributed by atoms with Gasteiger partial charge in [0.25, 0.3) is 0 Å². The molecule has 0 saturated carbocycles. The van der Waals surface area contributed by atoms with Crippen molar-refractivity contribution < 1.29 is 14.3 Å². The first-order valence-corrected chi connectivity index (χ1v) is 6.06. The summed E-state index contributed by atoms with van der Waals surface area (Å²) in [6.45, 7) is 3.22. The van der Waals surface area contributed by atoms with Crippen LogP contribution in [0.1, 0.15) is 23.0 Å². The molecule has 0 fully saturated rings. The van der Waals surface area contributed by atoms with Crippen molar-refractivity contribution in [3.8, 4) is 5.75 Å². The molecule has 0 aliphatic heterocycles. The van der Waals surface area contributed by atoms with Gasteiger partial charge in [-0.1, -0.05) is 0 Å². The number of carbonyl (C=O) groups excluding carboxylic acids is 2. The van der Waals surface area contributed by atoms with E-state index in [9.17, 15) is 9.59 Å². The summed E-state index contributed by atoms with van der Waals surface area (Å²) >= 11 is 0. The van der Waals surface area contributed by atoms with Gasteiger partial charge in [0.1, 0.15) is 11.3 Å². The number of amides is 1. The fourth-order valence-electron chi connectivity index (χ4n) is 1.67. The van der Waals surface area contributed by atoms with Gasteiger partial charge in [0.2, 0.25) is 5.91 Å². The quantitative estimate of drug-likeness (QED) is 0.684. The first-order chi connectivity index (χ1) is 9.47. The maximum absolute atomic E-state index is 12.0. The Morgan fingerprint density at radius 1 is 1.25 bits per heavy atom. The van der Waals surface area contributed by atoms with Gasteiger partial charge in [-0.3, -0.25) is 9.48 Å². The smallest absolute Gasteiger partial charge is 0.347 e. The second-order valence-corrected chi connectivity index (χ2v) is 4.36. The lowest BCUT2D eigenvalue weighted by molar-refractivity contribution is -0.114. The van der Waals surface area contributed by atoms with Crippen LogP contribution in [0.15, 0.2) is 30.5 Å². The first kappa shape index (κ1) is 13.8. The molecule has 0 atom stereocenters. The normalized spacial score (nSPS) is 10.2. The molecule has 6 nitrogen and oxygen atoms in total. The van der Waals surface area contributed by atoms with E-state index in [0.717, 1.165) is 5.69 Å². The van der Waals surface area contributed by atoms with Gasteiger partial charge in [0, 0.05) is 25.4 Å². The largest absolute Gasteiger partial charge is 0.423 e. The SMILES string of the molecule is CC(=O)Nc1ccc(OC(=O)c2cnn(C)c2C)cc1. The van der Waals surface area contributed by atoms with Gasteiger partial charge in [-0.25, -0.2) is 4.79 Å². The standard InChI is InChI=1S/C14H15N3O3/c1-9-13(8-15-17(9)3)14(19)20-12-6-4-11(5-7-12)16-10(2)18/h4-8H,1-3H3,(H,16,18). The first-order valence-electron chi connectivity index (χ1n) is 6.06. The van der Waals surface area contributed by atoms with Crippen molar-refractivity contribution in [2.24, 2.45) is 7.05 Å². The predicted molar refractivity (Wildman–Crippen MR) is 73.6 cm³/mol. The Bertz CT molecular complexity index is 644. The van der Waals surface area contributed by atoms with E-state index in [1.807, 2.05) is 0 Å². The molecule has 1 aromatic heterocycles. The van der Waals surface area contributed by atoms with Gasteiger partial charge in [-0.15, -0.1) is 0 Å². The Morgan fingerprint density at radius 2 is 1.90 bits per heavy atom. The minimum Gasteiger partial charge on any atom is -0.423 e. The van der Waals surface area contributed by atoms with Crippen LogP contribution < -0.4 is 10.1 Å². The Balaban J connectivity index is 2.08. The summed E-state index contributed by atoms with van der Waals surface area (Å²) in [6, 6.07) is 6.57. The number of nitrogens with zero attached hydrogens (tertiary/aromatic N) is 2. The highest BCUT2D eigenvalue weighted by molar-refractivity contribution is 5.92. The van der Waals surface area contributed by atoms with Crippen LogP contribution in [-0.2, 0) is 11.8 Å². The molecule has 6 heteroatoms. The minimum absolute atomic E-state index is 0.152. The molecule has 0 bridgehead atoms. The van der Waals surface area contributed by atoms with Gasteiger partial charge in [-0.05, 0) is 31.2 Å². The monoisotopic (exact) mass is 273 g/mol. The lowest BCUT2D eigenvalue weighted by atomic mass is 10.2. The molecule has 1 N–H and O–H groups in total. The maximum Gasteiger partial charge on any atom is 0.347 e. The van der Waals surface area contributed by atoms with Gasteiger partial charge >= 0.3 is 5.97 Å². The van der Waals surface area contributed by atoms with Crippen molar-refractivity contribution in [1.82, 2.24) is 9.78 Å². The van der Waals surface area contributed by atoms with E-state index in [0.29, 0.717) is 17.0 Å². The summed E-state index contributed by atoms with van der Waals surface area (Å²) in [6.07, 6.45) is 1.48. The average Bonchev–Trinajstić information content (AvgIpc) is 2.72. The van der Waals surface area contributed by atoms with Crippen LogP contribution in [0.2, 0.25) is 0 Å². The van der Waals surface area contributed by atoms with Crippen molar-refractivity contribution >= 4 is 17.6 Å². The topological polar surface area (TPSA) is 73.2 Å². The number of esters is 1. The number of hydrogen-bond donors (Lipinski definition) is 1. The molecule has 0 aliphatic rings. The predicted octanol–water partition coefficient (Wildman–Crippen LogP) is 1.91. The van der Waals surface area contributed by atoms with E-state index in [1.54, 1.807) is 42.9 Å². The summed E-state index contributed by atoms with van der Waals surface area (Å²) < 4.78 is 6.86. The number of hydrogen-bond acceptors (Lipinski definition) is 4. The van der Waals surface area contributed by atoms with E-state index >= 15 is 0 Å². The van der Waals surface area contributed by atoms with Crippen molar-refractivity contribution in [3.63, 3.8) is 0 Å². The van der Waals surface area contributed by atoms with Crippen LogP contribution in [-0.4, -0.2) is 21.7 Å². The second kappa shape index (κ2) is 5.56. The van der Waals surface area contributed by atoms with E-state index < -0.39 is 5.97 Å². The lowest BCUT2D eigenvalue weighted by Crippen LogP contribution is -2.10. The Hall–Kier alpha value is -2.63. The van der Waals surface area contributed by atoms with Crippen LogP contribution in [0.25, 0.3) is 0 Å². The van der Waals surface area contributed by atoms with Crippen LogP contribution in [0, 0.1) is 6.92 Å². The number of aromatic nitrogens is 2. The molecule has 20 heavy (non-hydrogen) atoms. The zero-order chi connectivity index (χ0) is 14.7. The van der Waals surface area contributed by atoms with E-state index in [1.165, 1.54) is 13.1 Å². The minimum atomic E-state index is -0.456. The van der Waals surface area contributed by atoms with Crippen molar-refractivity contribution in [3.05, 3.63) is 41.7 Å². The fraction of sp³-hybridized carbons (Fsp3) is 0.214. The number of aryl methyl sites for hydroxylation is 1. The van der Waals surface area contributed by atoms with Crippen LogP contribution in [0.3, 0.4) is 0 Å². The number of nitrogens with one attached hydrogen (secondary N) is 1. The van der Waals surface area contributed by atoms with E-state index in [-0.39, 0.29) is 5.91 Å². The highest BCUT2D eigenvalue weighted by Crippen LogP contribution is 2.17. The molecular weight excluding hydrogens is 258 g/mol. The molecule has 1 amide bonds. The van der Waals surface area contributed by atoms with Gasteiger partial charge < -0.3 is 10.1 Å². The van der Waals surface area contributed by atoms with Crippen LogP contribution >= 0.6 is 0 Å². The van der Waals surface area contributed by atoms with E-state index in [4.69, 9.17) is 4.74 Å². The third kappa shape index (κ3) is 3.03. The molecule has 0 saturated heterocycles. The van der Waals surface area contributed by atoms with Gasteiger partial charge in [-0.2, -0.15) is 5.10 Å². The van der Waals surface area contributed by atoms with Crippen molar-refractivity contribution in [2.45, 2.75) is 13.8 Å². The molecule has 0 unspecified atom stereocenters. The second-order valence-electron chi connectivity index (χ2n) is 4.36. The number of carbonyl (C=O) groups is 2. The Kier molecular flexibility index (Phi) is 3.84. The molecule has 1 aromatic carbocycles. The van der Waals surface area contributed by atoms with Crippen LogP contribution in [0.4, 0.5) is 5.69 Å². The molecule has 0 aliphatic carbocycles. The van der Waals surface area contributed by atoms with Gasteiger partial charge in [0.05, 0.1) is 6.20 Å². The molecule has 2 aromatic rings. The Labute approximate surface area is 116 Å². The third-order valence-electron chi connectivity index (χ3n) is 2.84. The zero-order valence-electron chi connectivity index (χ0n) is 11.5. The van der Waals surface area contributed by atoms with Gasteiger partial charge in [0.15, 0.2) is 0 Å². The number of anilines is 1. The summed E-state index contributed by atoms with van der Waals surface area (Å²) in [5, 5.41) is 6.63. The summed E-state index contributed by atoms with van der Waals surface area (Å²) in [5.74, 6) is -0.198. The van der Waals surface area contributed by atoms with Crippen molar-refractivity contribution in [2.75, 3.05) is 5.32 Å². The van der Waals surface area contributed by atoms with Crippen LogP contribution in [0.5, 0.6) is 5.75 Å². The fourth-order valence-corrected chi connectivity index (χ4v) is 1.67. The van der Waals surface area contributed by atoms with E-state index in [2.05, 4.69) is 10.4 Å². The highest BCUT2D eigenvalue weighted by Gasteiger charge is 2.15. The molecule has 104 valence electrons. The third-order valence-corrected chi connectivity index (χ3v) is 2.84. The lowest BCUT2D eigenvalue weighted by Gasteiger charge is -2.06. The Morgan fingerprint density at radius 3 is 2.40 bits per heavy atom. The number of rotatable bonds is 3. The highest BCUT2D eigenvalue weighted by atomic mass is 16.5. The molecular formula is C14H15N3O3. The summed E-state index contributed by atoms with van der Waals surface area (Å²) in [7, 11) is 1.76. The molecule has 0 spiro atoms. The molecule has 1 heterocycles. The number of ether oxygens (including phenoxy) is 1. The zero-order valence-corrected chi connectivity index (χ0v) is 11.5. The van der Waals surface area contributed by atoms with Crippen molar-refractivity contribution in [1.29, 1.82) is 0 Å². The summed E-state index contributed by atoms with van der Waals surface area (Å²) in [5.41, 5.74) is 1.82. The average molecular weight is 273 g/mol. The summed E-state index contributed by atoms with van der Waals surface area (Å²) in [4.78, 5) is 22.9. The molecule has 2 rings (SSSR count). The maximum atomic E-state index is 12.0.